The van der Waals surface area contributed by atoms with Gasteiger partial charge in [0.15, 0.2) is 6.10 Å². The molecule has 43 heavy (non-hydrogen) atoms. The predicted molar refractivity (Wildman–Crippen MR) is 169 cm³/mol. The number of benzene rings is 2. The Morgan fingerprint density at radius 1 is 0.791 bits per heavy atom. The second-order valence-corrected chi connectivity index (χ2v) is 10.7. The number of rotatable bonds is 19. The molecule has 0 aliphatic heterocycles. The summed E-state index contributed by atoms with van der Waals surface area (Å²) in [7, 11) is 0. The standard InChI is InChI=1S/C34H50N2O7/c1-8-14-30(34(38)40-10-3)43-31-23-28(19-20-29(31)33(37)36(24(4)5)25(6)7)42-22-13-11-12-21-41-27-17-15-26(16-18-27)32(35)39-9-2/h15-20,23-25,30,35H,8-14,21-22H2,1-7H3. The first-order valence-corrected chi connectivity index (χ1v) is 15.5. The zero-order valence-corrected chi connectivity index (χ0v) is 26.9. The molecule has 0 aliphatic rings. The molecular formula is C34H50N2O7. The van der Waals surface area contributed by atoms with E-state index in [1.807, 2.05) is 65.8 Å². The van der Waals surface area contributed by atoms with Crippen molar-refractivity contribution in [2.24, 2.45) is 0 Å². The Morgan fingerprint density at radius 3 is 1.93 bits per heavy atom. The van der Waals surface area contributed by atoms with Gasteiger partial charge in [0, 0.05) is 23.7 Å². The highest BCUT2D eigenvalue weighted by Crippen LogP contribution is 2.29. The Kier molecular flexibility index (Phi) is 15.4. The van der Waals surface area contributed by atoms with Crippen molar-refractivity contribution in [3.8, 4) is 17.2 Å². The van der Waals surface area contributed by atoms with E-state index in [4.69, 9.17) is 29.1 Å². The summed E-state index contributed by atoms with van der Waals surface area (Å²) in [4.78, 5) is 28.0. The van der Waals surface area contributed by atoms with Crippen LogP contribution in [0.15, 0.2) is 42.5 Å². The van der Waals surface area contributed by atoms with Gasteiger partial charge in [-0.05, 0) is 104 Å². The molecule has 1 unspecified atom stereocenters. The zero-order valence-electron chi connectivity index (χ0n) is 26.9. The summed E-state index contributed by atoms with van der Waals surface area (Å²) in [5.41, 5.74) is 1.11. The van der Waals surface area contributed by atoms with Crippen LogP contribution in [-0.2, 0) is 14.3 Å². The number of ether oxygens (including phenoxy) is 5. The molecule has 1 N–H and O–H groups in total. The van der Waals surface area contributed by atoms with Gasteiger partial charge in [-0.2, -0.15) is 0 Å². The fourth-order valence-corrected chi connectivity index (χ4v) is 4.64. The van der Waals surface area contributed by atoms with Crippen LogP contribution in [0.2, 0.25) is 0 Å². The molecule has 238 valence electrons. The Balaban J connectivity index is 2.00. The molecular weight excluding hydrogens is 548 g/mol. The molecule has 0 aliphatic carbocycles. The van der Waals surface area contributed by atoms with Gasteiger partial charge >= 0.3 is 5.97 Å². The average molecular weight is 599 g/mol. The Morgan fingerprint density at radius 2 is 1.37 bits per heavy atom. The van der Waals surface area contributed by atoms with Crippen LogP contribution in [0.5, 0.6) is 17.2 Å². The lowest BCUT2D eigenvalue weighted by Gasteiger charge is -2.31. The second-order valence-electron chi connectivity index (χ2n) is 10.7. The first kappa shape index (κ1) is 35.4. The SMILES string of the molecule is CCCC(Oc1cc(OCCCCCOc2ccc(C(=N)OCC)cc2)ccc1C(=O)N(C(C)C)C(C)C)C(=O)OCC. The maximum Gasteiger partial charge on any atom is 0.347 e. The van der Waals surface area contributed by atoms with E-state index in [0.717, 1.165) is 37.0 Å². The number of unbranched alkanes of at least 4 members (excludes halogenated alkanes) is 2. The molecule has 2 aromatic carbocycles. The van der Waals surface area contributed by atoms with Gasteiger partial charge in [0.1, 0.15) is 17.2 Å². The summed E-state index contributed by atoms with van der Waals surface area (Å²) in [5, 5.41) is 7.84. The molecule has 9 nitrogen and oxygen atoms in total. The largest absolute Gasteiger partial charge is 0.494 e. The van der Waals surface area contributed by atoms with Crippen molar-refractivity contribution in [3.63, 3.8) is 0 Å². The van der Waals surface area contributed by atoms with E-state index in [2.05, 4.69) is 0 Å². The van der Waals surface area contributed by atoms with E-state index in [1.165, 1.54) is 0 Å². The fraction of sp³-hybridized carbons (Fsp3) is 0.559. The number of carbonyl (C=O) groups is 2. The maximum absolute atomic E-state index is 13.6. The molecule has 0 radical (unpaired) electrons. The Labute approximate surface area is 257 Å². The van der Waals surface area contributed by atoms with E-state index in [-0.39, 0.29) is 30.5 Å². The van der Waals surface area contributed by atoms with Crippen molar-refractivity contribution in [2.75, 3.05) is 26.4 Å². The molecule has 2 rings (SSSR count). The third-order valence-corrected chi connectivity index (χ3v) is 6.63. The molecule has 0 spiro atoms. The minimum atomic E-state index is -0.814. The summed E-state index contributed by atoms with van der Waals surface area (Å²) in [6.45, 7) is 15.3. The highest BCUT2D eigenvalue weighted by Gasteiger charge is 2.28. The number of carbonyl (C=O) groups excluding carboxylic acids is 2. The average Bonchev–Trinajstić information content (AvgIpc) is 2.96. The lowest BCUT2D eigenvalue weighted by Crippen LogP contribution is -2.42. The molecule has 9 heteroatoms. The highest BCUT2D eigenvalue weighted by atomic mass is 16.6. The lowest BCUT2D eigenvalue weighted by atomic mass is 10.1. The van der Waals surface area contributed by atoms with Gasteiger partial charge in [-0.25, -0.2) is 4.79 Å². The fourth-order valence-electron chi connectivity index (χ4n) is 4.64. The summed E-state index contributed by atoms with van der Waals surface area (Å²) in [6, 6.07) is 12.5. The van der Waals surface area contributed by atoms with E-state index < -0.39 is 12.1 Å². The van der Waals surface area contributed by atoms with Crippen LogP contribution in [0.25, 0.3) is 0 Å². The number of nitrogens with zero attached hydrogens (tertiary/aromatic N) is 1. The monoisotopic (exact) mass is 598 g/mol. The normalized spacial score (nSPS) is 11.7. The van der Waals surface area contributed by atoms with Crippen LogP contribution in [0.1, 0.15) is 96.5 Å². The Hall–Kier alpha value is -3.75. The third kappa shape index (κ3) is 11.5. The van der Waals surface area contributed by atoms with Crippen molar-refractivity contribution in [1.82, 2.24) is 4.90 Å². The van der Waals surface area contributed by atoms with Crippen LogP contribution in [0, 0.1) is 5.41 Å². The summed E-state index contributed by atoms with van der Waals surface area (Å²) < 4.78 is 28.5. The lowest BCUT2D eigenvalue weighted by molar-refractivity contribution is -0.151. The smallest absolute Gasteiger partial charge is 0.347 e. The molecule has 0 bridgehead atoms. The van der Waals surface area contributed by atoms with Gasteiger partial charge in [0.05, 0.1) is 32.0 Å². The van der Waals surface area contributed by atoms with Gasteiger partial charge < -0.3 is 28.6 Å². The van der Waals surface area contributed by atoms with Crippen molar-refractivity contribution in [2.45, 2.75) is 98.8 Å². The van der Waals surface area contributed by atoms with Crippen molar-refractivity contribution in [1.29, 1.82) is 5.41 Å². The van der Waals surface area contributed by atoms with E-state index in [1.54, 1.807) is 30.0 Å². The minimum Gasteiger partial charge on any atom is -0.494 e. The molecule has 1 amide bonds. The molecule has 0 saturated heterocycles. The topological polar surface area (TPSA) is 107 Å². The van der Waals surface area contributed by atoms with Crippen LogP contribution in [-0.4, -0.2) is 67.3 Å². The maximum atomic E-state index is 13.6. The van der Waals surface area contributed by atoms with Crippen LogP contribution >= 0.6 is 0 Å². The van der Waals surface area contributed by atoms with Gasteiger partial charge in [-0.15, -0.1) is 0 Å². The van der Waals surface area contributed by atoms with Crippen LogP contribution in [0.3, 0.4) is 0 Å². The number of amides is 1. The van der Waals surface area contributed by atoms with Gasteiger partial charge in [0.2, 0.25) is 5.90 Å². The van der Waals surface area contributed by atoms with Crippen molar-refractivity contribution >= 4 is 17.8 Å². The predicted octanol–water partition coefficient (Wildman–Crippen LogP) is 7.05. The van der Waals surface area contributed by atoms with Gasteiger partial charge in [0.25, 0.3) is 5.91 Å². The van der Waals surface area contributed by atoms with Gasteiger partial charge in [-0.1, -0.05) is 13.3 Å². The van der Waals surface area contributed by atoms with Crippen molar-refractivity contribution < 1.29 is 33.3 Å². The second kappa shape index (κ2) is 18.7. The highest BCUT2D eigenvalue weighted by molar-refractivity contribution is 5.97. The molecule has 2 aromatic rings. The molecule has 0 saturated carbocycles. The van der Waals surface area contributed by atoms with Gasteiger partial charge in [-0.3, -0.25) is 10.2 Å². The van der Waals surface area contributed by atoms with E-state index in [9.17, 15) is 9.59 Å². The summed E-state index contributed by atoms with van der Waals surface area (Å²) >= 11 is 0. The Bertz CT molecular complexity index is 1140. The first-order valence-electron chi connectivity index (χ1n) is 15.5. The number of hydrogen-bond donors (Lipinski definition) is 1. The van der Waals surface area contributed by atoms with E-state index in [0.29, 0.717) is 43.3 Å². The third-order valence-electron chi connectivity index (χ3n) is 6.63. The molecule has 0 aromatic heterocycles. The first-order chi connectivity index (χ1) is 20.6. The number of esters is 1. The molecule has 0 heterocycles. The minimum absolute atomic E-state index is 0.00823. The summed E-state index contributed by atoms with van der Waals surface area (Å²) in [6.07, 6.45) is 2.97. The van der Waals surface area contributed by atoms with Crippen LogP contribution < -0.4 is 14.2 Å². The van der Waals surface area contributed by atoms with E-state index >= 15 is 0 Å². The zero-order chi connectivity index (χ0) is 31.8. The quantitative estimate of drug-likeness (QED) is 0.0799. The molecule has 0 fully saturated rings. The molecule has 1 atom stereocenters. The number of nitrogens with one attached hydrogen (secondary N) is 1. The van der Waals surface area contributed by atoms with Crippen LogP contribution in [0.4, 0.5) is 0 Å². The van der Waals surface area contributed by atoms with Crippen molar-refractivity contribution in [3.05, 3.63) is 53.6 Å². The summed E-state index contributed by atoms with van der Waals surface area (Å²) in [5.74, 6) is 1.19. The number of hydrogen-bond acceptors (Lipinski definition) is 8.